The Morgan fingerprint density at radius 1 is 1.28 bits per heavy atom. The summed E-state index contributed by atoms with van der Waals surface area (Å²) in [4.78, 5) is 0. The number of alkyl halides is 3. The molecule has 0 saturated carbocycles. The SMILES string of the molecule is C=CCC(C#Cc1ccc(C(F)(F)F)cc1)CC. The van der Waals surface area contributed by atoms with Crippen molar-refractivity contribution in [2.75, 3.05) is 0 Å². The molecule has 0 aliphatic rings. The first kappa shape index (κ1) is 14.4. The molecule has 0 spiro atoms. The predicted octanol–water partition coefficient (Wildman–Crippen LogP) is 4.66. The summed E-state index contributed by atoms with van der Waals surface area (Å²) < 4.78 is 37.0. The fourth-order valence-corrected chi connectivity index (χ4v) is 1.46. The highest BCUT2D eigenvalue weighted by Gasteiger charge is 2.29. The van der Waals surface area contributed by atoms with Gasteiger partial charge < -0.3 is 0 Å². The molecule has 0 saturated heterocycles. The van der Waals surface area contributed by atoms with E-state index >= 15 is 0 Å². The lowest BCUT2D eigenvalue weighted by molar-refractivity contribution is -0.137. The topological polar surface area (TPSA) is 0 Å². The van der Waals surface area contributed by atoms with Crippen LogP contribution >= 0.6 is 0 Å². The zero-order valence-corrected chi connectivity index (χ0v) is 10.2. The zero-order chi connectivity index (χ0) is 13.6. The summed E-state index contributed by atoms with van der Waals surface area (Å²) >= 11 is 0. The molecule has 1 aromatic rings. The largest absolute Gasteiger partial charge is 0.416 e. The second-order valence-corrected chi connectivity index (χ2v) is 3.97. The number of benzene rings is 1. The van der Waals surface area contributed by atoms with Gasteiger partial charge in [0.1, 0.15) is 0 Å². The molecule has 1 atom stereocenters. The van der Waals surface area contributed by atoms with Gasteiger partial charge in [0.05, 0.1) is 5.56 Å². The molecule has 18 heavy (non-hydrogen) atoms. The van der Waals surface area contributed by atoms with Crippen LogP contribution < -0.4 is 0 Å². The monoisotopic (exact) mass is 252 g/mol. The van der Waals surface area contributed by atoms with Crippen LogP contribution in [-0.4, -0.2) is 0 Å². The molecule has 0 aromatic heterocycles. The third kappa shape index (κ3) is 4.29. The highest BCUT2D eigenvalue weighted by Crippen LogP contribution is 2.28. The van der Waals surface area contributed by atoms with Gasteiger partial charge in [-0.2, -0.15) is 13.2 Å². The average Bonchev–Trinajstić information content (AvgIpc) is 2.34. The summed E-state index contributed by atoms with van der Waals surface area (Å²) in [7, 11) is 0. The van der Waals surface area contributed by atoms with Crippen molar-refractivity contribution in [3.05, 3.63) is 48.0 Å². The van der Waals surface area contributed by atoms with E-state index in [1.165, 1.54) is 12.1 Å². The molecule has 0 aliphatic carbocycles. The van der Waals surface area contributed by atoms with Crippen molar-refractivity contribution < 1.29 is 13.2 Å². The Bertz CT molecular complexity index is 443. The van der Waals surface area contributed by atoms with Gasteiger partial charge >= 0.3 is 6.18 Å². The molecule has 0 amide bonds. The van der Waals surface area contributed by atoms with Crippen molar-refractivity contribution in [1.29, 1.82) is 0 Å². The Hall–Kier alpha value is -1.69. The van der Waals surface area contributed by atoms with E-state index in [9.17, 15) is 13.2 Å². The molecule has 0 fully saturated rings. The number of hydrogen-bond acceptors (Lipinski definition) is 0. The van der Waals surface area contributed by atoms with Crippen LogP contribution in [0.15, 0.2) is 36.9 Å². The fourth-order valence-electron chi connectivity index (χ4n) is 1.46. The number of rotatable bonds is 3. The van der Waals surface area contributed by atoms with Crippen LogP contribution in [0.4, 0.5) is 13.2 Å². The summed E-state index contributed by atoms with van der Waals surface area (Å²) in [6, 6.07) is 4.91. The highest BCUT2D eigenvalue weighted by molar-refractivity contribution is 5.37. The maximum Gasteiger partial charge on any atom is 0.416 e. The van der Waals surface area contributed by atoms with Crippen molar-refractivity contribution in [2.24, 2.45) is 5.92 Å². The van der Waals surface area contributed by atoms with Crippen molar-refractivity contribution in [3.8, 4) is 11.8 Å². The van der Waals surface area contributed by atoms with E-state index in [4.69, 9.17) is 0 Å². The van der Waals surface area contributed by atoms with Crippen molar-refractivity contribution >= 4 is 0 Å². The third-order valence-electron chi connectivity index (χ3n) is 2.58. The van der Waals surface area contributed by atoms with Crippen LogP contribution in [0.5, 0.6) is 0 Å². The zero-order valence-electron chi connectivity index (χ0n) is 10.2. The van der Waals surface area contributed by atoms with Crippen LogP contribution in [0.3, 0.4) is 0 Å². The number of allylic oxidation sites excluding steroid dienone is 1. The van der Waals surface area contributed by atoms with Gasteiger partial charge in [0.15, 0.2) is 0 Å². The molecule has 0 aliphatic heterocycles. The van der Waals surface area contributed by atoms with E-state index in [1.807, 2.05) is 6.92 Å². The molecule has 3 heteroatoms. The number of hydrogen-bond donors (Lipinski definition) is 0. The lowest BCUT2D eigenvalue weighted by Gasteiger charge is -2.05. The summed E-state index contributed by atoms with van der Waals surface area (Å²) in [6.45, 7) is 5.67. The van der Waals surface area contributed by atoms with Crippen molar-refractivity contribution in [3.63, 3.8) is 0 Å². The van der Waals surface area contributed by atoms with Crippen LogP contribution in [0, 0.1) is 17.8 Å². The van der Waals surface area contributed by atoms with Gasteiger partial charge in [-0.15, -0.1) is 6.58 Å². The summed E-state index contributed by atoms with van der Waals surface area (Å²) in [5.74, 6) is 6.15. The normalized spacial score (nSPS) is 12.4. The van der Waals surface area contributed by atoms with E-state index in [2.05, 4.69) is 18.4 Å². The summed E-state index contributed by atoms with van der Waals surface area (Å²) in [5.41, 5.74) is -0.0447. The Morgan fingerprint density at radius 2 is 1.89 bits per heavy atom. The molecule has 1 aromatic carbocycles. The maximum atomic E-state index is 12.3. The molecular formula is C15H15F3. The third-order valence-corrected chi connectivity index (χ3v) is 2.58. The minimum absolute atomic E-state index is 0.213. The Kier molecular flexibility index (Phi) is 5.03. The first-order valence-corrected chi connectivity index (χ1v) is 5.77. The standard InChI is InChI=1S/C15H15F3/c1-3-5-12(4-2)6-7-13-8-10-14(11-9-13)15(16,17)18/h3,8-12H,1,4-5H2,2H3. The van der Waals surface area contributed by atoms with Gasteiger partial charge in [-0.1, -0.05) is 24.8 Å². The lowest BCUT2D eigenvalue weighted by atomic mass is 10.0. The number of halogens is 3. The molecule has 0 heterocycles. The minimum Gasteiger partial charge on any atom is -0.166 e. The van der Waals surface area contributed by atoms with Crippen molar-refractivity contribution in [2.45, 2.75) is 25.9 Å². The van der Waals surface area contributed by atoms with E-state index in [-0.39, 0.29) is 5.92 Å². The Labute approximate surface area is 106 Å². The quantitative estimate of drug-likeness (QED) is 0.542. The molecule has 1 rings (SSSR count). The Morgan fingerprint density at radius 3 is 2.33 bits per heavy atom. The molecule has 0 bridgehead atoms. The van der Waals surface area contributed by atoms with Gasteiger partial charge in [0.2, 0.25) is 0 Å². The molecule has 1 unspecified atom stereocenters. The first-order valence-electron chi connectivity index (χ1n) is 5.77. The molecule has 0 radical (unpaired) electrons. The summed E-state index contributed by atoms with van der Waals surface area (Å²) in [5, 5.41) is 0. The maximum absolute atomic E-state index is 12.3. The van der Waals surface area contributed by atoms with Crippen LogP contribution in [-0.2, 0) is 6.18 Å². The average molecular weight is 252 g/mol. The smallest absolute Gasteiger partial charge is 0.166 e. The van der Waals surface area contributed by atoms with Crippen LogP contribution in [0.25, 0.3) is 0 Å². The highest BCUT2D eigenvalue weighted by atomic mass is 19.4. The van der Waals surface area contributed by atoms with Gasteiger partial charge in [-0.25, -0.2) is 0 Å². The van der Waals surface area contributed by atoms with Gasteiger partial charge in [0.25, 0.3) is 0 Å². The molecular weight excluding hydrogens is 237 g/mol. The fraction of sp³-hybridized carbons (Fsp3) is 0.333. The summed E-state index contributed by atoms with van der Waals surface area (Å²) in [6.07, 6.45) is -0.792. The van der Waals surface area contributed by atoms with Crippen LogP contribution in [0.1, 0.15) is 30.9 Å². The van der Waals surface area contributed by atoms with E-state index in [1.54, 1.807) is 6.08 Å². The van der Waals surface area contributed by atoms with E-state index in [0.29, 0.717) is 5.56 Å². The second kappa shape index (κ2) is 6.30. The Balaban J connectivity index is 2.81. The van der Waals surface area contributed by atoms with E-state index < -0.39 is 11.7 Å². The van der Waals surface area contributed by atoms with Gasteiger partial charge in [-0.3, -0.25) is 0 Å². The molecule has 0 N–H and O–H groups in total. The van der Waals surface area contributed by atoms with Crippen LogP contribution in [0.2, 0.25) is 0 Å². The second-order valence-electron chi connectivity index (χ2n) is 3.97. The molecule has 96 valence electrons. The van der Waals surface area contributed by atoms with Crippen molar-refractivity contribution in [1.82, 2.24) is 0 Å². The van der Waals surface area contributed by atoms with Gasteiger partial charge in [0, 0.05) is 11.5 Å². The predicted molar refractivity (Wildman–Crippen MR) is 66.9 cm³/mol. The first-order chi connectivity index (χ1) is 8.47. The lowest BCUT2D eigenvalue weighted by Crippen LogP contribution is -2.04. The minimum atomic E-state index is -4.29. The van der Waals surface area contributed by atoms with E-state index in [0.717, 1.165) is 25.0 Å². The molecule has 0 nitrogen and oxygen atoms in total. The van der Waals surface area contributed by atoms with Gasteiger partial charge in [-0.05, 0) is 37.1 Å².